The lowest BCUT2D eigenvalue weighted by atomic mass is 10.1. The van der Waals surface area contributed by atoms with Crippen molar-refractivity contribution < 1.29 is 17.9 Å². The number of aryl methyl sites for hydroxylation is 1. The maximum atomic E-state index is 13.7. The lowest BCUT2D eigenvalue weighted by Gasteiger charge is -2.20. The van der Waals surface area contributed by atoms with E-state index in [0.29, 0.717) is 49.2 Å². The molecule has 5 rings (SSSR count). The van der Waals surface area contributed by atoms with E-state index in [1.165, 1.54) is 10.3 Å². The molecule has 4 aromatic rings. The number of hydrogen-bond donors (Lipinski definition) is 1. The molecule has 10 nitrogen and oxygen atoms in total. The zero-order chi connectivity index (χ0) is 28.3. The van der Waals surface area contributed by atoms with Crippen molar-refractivity contribution >= 4 is 38.5 Å². The van der Waals surface area contributed by atoms with E-state index in [9.17, 15) is 13.2 Å². The predicted octanol–water partition coefficient (Wildman–Crippen LogP) is 4.04. The average molecular weight is 563 g/mol. The van der Waals surface area contributed by atoms with Crippen LogP contribution in [-0.4, -0.2) is 72.4 Å². The van der Waals surface area contributed by atoms with Crippen LogP contribution in [0, 0.1) is 0 Å². The van der Waals surface area contributed by atoms with Crippen molar-refractivity contribution in [3.63, 3.8) is 0 Å². The number of benzene rings is 2. The van der Waals surface area contributed by atoms with Gasteiger partial charge in [0.05, 0.1) is 17.4 Å². The summed E-state index contributed by atoms with van der Waals surface area (Å²) in [6.07, 6.45) is 5.43. The number of carbonyl (C=O) groups excluding carboxylic acids is 1. The number of fused-ring (bicyclic) bond motifs is 2. The molecule has 0 aliphatic carbocycles. The fourth-order valence-corrected chi connectivity index (χ4v) is 6.45. The monoisotopic (exact) mass is 562 g/mol. The molecule has 1 N–H and O–H groups in total. The van der Waals surface area contributed by atoms with Gasteiger partial charge in [0, 0.05) is 44.0 Å². The Labute approximate surface area is 234 Å². The molecule has 40 heavy (non-hydrogen) atoms. The number of rotatable bonds is 3. The Bertz CT molecular complexity index is 1620. The summed E-state index contributed by atoms with van der Waals surface area (Å²) in [5.41, 5.74) is 2.87. The molecule has 0 fully saturated rings. The van der Waals surface area contributed by atoms with Crippen molar-refractivity contribution in [2.45, 2.75) is 37.1 Å². The van der Waals surface area contributed by atoms with Crippen LogP contribution in [-0.2, 0) is 27.8 Å². The summed E-state index contributed by atoms with van der Waals surface area (Å²) in [4.78, 5) is 25.8. The van der Waals surface area contributed by atoms with Crippen molar-refractivity contribution in [1.82, 2.24) is 23.7 Å². The lowest BCUT2D eigenvalue weighted by molar-refractivity contribution is -0.130. The standard InChI is InChI=1S/C29H34N6O4S/c1-33-15-8-12-26(36)34(2)16-7-9-21-19-35(40(37,38)24-10-5-4-6-11-24)29-27(21)28(30-20-31-29)32-23-13-14-25(39-3)22(17-23)18-33/h4-6,10-11,13-14,17,19-20H,7-9,12,15-16,18H2,1-3H3,(H,30,31,32). The number of hydrogen-bond acceptors (Lipinski definition) is 8. The summed E-state index contributed by atoms with van der Waals surface area (Å²) >= 11 is 0. The van der Waals surface area contributed by atoms with Gasteiger partial charge in [-0.25, -0.2) is 22.4 Å². The van der Waals surface area contributed by atoms with Crippen LogP contribution in [0.25, 0.3) is 11.0 Å². The number of ether oxygens (including phenoxy) is 1. The Kier molecular flexibility index (Phi) is 8.04. The van der Waals surface area contributed by atoms with Crippen LogP contribution in [0.2, 0.25) is 0 Å². The first kappa shape index (κ1) is 27.6. The van der Waals surface area contributed by atoms with Gasteiger partial charge < -0.3 is 19.9 Å². The number of nitrogens with zero attached hydrogens (tertiary/aromatic N) is 5. The summed E-state index contributed by atoms with van der Waals surface area (Å²) in [5, 5.41) is 4.04. The lowest BCUT2D eigenvalue weighted by Crippen LogP contribution is -2.29. The van der Waals surface area contributed by atoms with E-state index in [1.54, 1.807) is 48.5 Å². The Morgan fingerprint density at radius 2 is 1.73 bits per heavy atom. The van der Waals surface area contributed by atoms with Crippen molar-refractivity contribution in [2.24, 2.45) is 0 Å². The van der Waals surface area contributed by atoms with Crippen LogP contribution in [0.4, 0.5) is 11.5 Å². The quantitative estimate of drug-likeness (QED) is 0.399. The van der Waals surface area contributed by atoms with Gasteiger partial charge in [0.2, 0.25) is 5.91 Å². The fourth-order valence-electron chi connectivity index (χ4n) is 5.09. The molecular formula is C29H34N6O4S. The zero-order valence-electron chi connectivity index (χ0n) is 23.0. The topological polar surface area (TPSA) is 110 Å². The maximum absolute atomic E-state index is 13.7. The minimum atomic E-state index is -3.90. The summed E-state index contributed by atoms with van der Waals surface area (Å²) in [6, 6.07) is 14.1. The van der Waals surface area contributed by atoms with E-state index in [4.69, 9.17) is 4.74 Å². The summed E-state index contributed by atoms with van der Waals surface area (Å²) in [7, 11) is 1.58. The minimum absolute atomic E-state index is 0.0945. The molecule has 2 bridgehead atoms. The second-order valence-electron chi connectivity index (χ2n) is 10.1. The normalized spacial score (nSPS) is 16.0. The zero-order valence-corrected chi connectivity index (χ0v) is 23.8. The third-order valence-corrected chi connectivity index (χ3v) is 8.87. The van der Waals surface area contributed by atoms with E-state index >= 15 is 0 Å². The van der Waals surface area contributed by atoms with Crippen LogP contribution in [0.3, 0.4) is 0 Å². The van der Waals surface area contributed by atoms with Crippen LogP contribution in [0.1, 0.15) is 30.4 Å². The Morgan fingerprint density at radius 3 is 2.50 bits per heavy atom. The molecule has 0 saturated carbocycles. The number of nitrogens with one attached hydrogen (secondary N) is 1. The van der Waals surface area contributed by atoms with Gasteiger partial charge in [-0.05, 0) is 68.8 Å². The molecular weight excluding hydrogens is 528 g/mol. The molecule has 0 atom stereocenters. The van der Waals surface area contributed by atoms with Crippen molar-refractivity contribution in [3.05, 3.63) is 72.2 Å². The molecule has 0 radical (unpaired) electrons. The molecule has 1 aliphatic heterocycles. The summed E-state index contributed by atoms with van der Waals surface area (Å²) in [6.45, 7) is 1.97. The SMILES string of the molecule is COc1ccc2cc1CN(C)CCCC(=O)N(C)CCCc1cn(S(=O)(=O)c3ccccc3)c3ncnc(c13)N2. The number of amides is 1. The van der Waals surface area contributed by atoms with Crippen LogP contribution >= 0.6 is 0 Å². The Morgan fingerprint density at radius 1 is 0.950 bits per heavy atom. The van der Waals surface area contributed by atoms with E-state index in [2.05, 4.69) is 20.2 Å². The van der Waals surface area contributed by atoms with E-state index in [0.717, 1.165) is 35.5 Å². The number of carbonyl (C=O) groups is 1. The highest BCUT2D eigenvalue weighted by Gasteiger charge is 2.24. The third-order valence-electron chi connectivity index (χ3n) is 7.21. The summed E-state index contributed by atoms with van der Waals surface area (Å²) < 4.78 is 34.2. The van der Waals surface area contributed by atoms with E-state index in [-0.39, 0.29) is 10.8 Å². The maximum Gasteiger partial charge on any atom is 0.269 e. The fraction of sp³-hybridized carbons (Fsp3) is 0.345. The predicted molar refractivity (Wildman–Crippen MR) is 154 cm³/mol. The van der Waals surface area contributed by atoms with E-state index in [1.807, 2.05) is 32.3 Å². The minimum Gasteiger partial charge on any atom is -0.496 e. The molecule has 1 aliphatic rings. The molecule has 210 valence electrons. The van der Waals surface area contributed by atoms with Gasteiger partial charge in [-0.3, -0.25) is 4.79 Å². The van der Waals surface area contributed by atoms with Crippen molar-refractivity contribution in [1.29, 1.82) is 0 Å². The molecule has 0 unspecified atom stereocenters. The number of anilines is 2. The molecule has 0 saturated heterocycles. The van der Waals surface area contributed by atoms with Gasteiger partial charge in [0.25, 0.3) is 10.0 Å². The van der Waals surface area contributed by atoms with E-state index < -0.39 is 10.0 Å². The number of aromatic nitrogens is 3. The second-order valence-corrected chi connectivity index (χ2v) is 11.9. The highest BCUT2D eigenvalue weighted by Crippen LogP contribution is 2.33. The van der Waals surface area contributed by atoms with Gasteiger partial charge in [-0.15, -0.1) is 0 Å². The molecule has 2 aromatic heterocycles. The molecule has 1 amide bonds. The first-order valence-corrected chi connectivity index (χ1v) is 14.7. The first-order chi connectivity index (χ1) is 19.3. The average Bonchev–Trinajstić information content (AvgIpc) is 3.33. The van der Waals surface area contributed by atoms with Crippen LogP contribution in [0.15, 0.2) is 66.0 Å². The van der Waals surface area contributed by atoms with Gasteiger partial charge >= 0.3 is 0 Å². The highest BCUT2D eigenvalue weighted by atomic mass is 32.2. The van der Waals surface area contributed by atoms with Crippen LogP contribution < -0.4 is 10.1 Å². The molecule has 3 heterocycles. The van der Waals surface area contributed by atoms with Crippen molar-refractivity contribution in [2.75, 3.05) is 39.6 Å². The second kappa shape index (κ2) is 11.6. The summed E-state index contributed by atoms with van der Waals surface area (Å²) in [5.74, 6) is 1.37. The molecule has 11 heteroatoms. The highest BCUT2D eigenvalue weighted by molar-refractivity contribution is 7.90. The van der Waals surface area contributed by atoms with Gasteiger partial charge in [-0.1, -0.05) is 18.2 Å². The molecule has 0 spiro atoms. The van der Waals surface area contributed by atoms with Crippen molar-refractivity contribution in [3.8, 4) is 5.75 Å². The third kappa shape index (κ3) is 5.66. The Balaban J connectivity index is 1.63. The number of methoxy groups -OCH3 is 1. The van der Waals surface area contributed by atoms with Gasteiger partial charge in [-0.2, -0.15) is 0 Å². The van der Waals surface area contributed by atoms with Gasteiger partial charge in [0.1, 0.15) is 17.9 Å². The largest absolute Gasteiger partial charge is 0.496 e. The first-order valence-electron chi connectivity index (χ1n) is 13.3. The van der Waals surface area contributed by atoms with Crippen LogP contribution in [0.5, 0.6) is 5.75 Å². The Hall–Kier alpha value is -3.96. The molecule has 2 aromatic carbocycles. The van der Waals surface area contributed by atoms with Gasteiger partial charge in [0.15, 0.2) is 5.65 Å². The smallest absolute Gasteiger partial charge is 0.269 e.